The van der Waals surface area contributed by atoms with Gasteiger partial charge in [0, 0.05) is 7.11 Å². The molecule has 62 valence electrons. The number of allylic oxidation sites excluding steroid dienone is 2. The second kappa shape index (κ2) is 15.8. The fourth-order valence-corrected chi connectivity index (χ4v) is 0. The van der Waals surface area contributed by atoms with Crippen LogP contribution >= 0.6 is 0 Å². The summed E-state index contributed by atoms with van der Waals surface area (Å²) >= 11 is 0. The minimum atomic E-state index is 1.00. The van der Waals surface area contributed by atoms with E-state index in [9.17, 15) is 0 Å². The van der Waals surface area contributed by atoms with Crippen molar-refractivity contribution in [2.24, 2.45) is 0 Å². The summed E-state index contributed by atoms with van der Waals surface area (Å²) in [6, 6.07) is 0. The highest BCUT2D eigenvalue weighted by Crippen LogP contribution is 1.74. The van der Waals surface area contributed by atoms with Crippen molar-refractivity contribution in [1.82, 2.24) is 0 Å². The van der Waals surface area contributed by atoms with E-state index >= 15 is 0 Å². The van der Waals surface area contributed by atoms with E-state index in [0.717, 1.165) is 7.11 Å². The molecule has 0 aromatic carbocycles. The maximum atomic E-state index is 7.00. The molecule has 0 atom stereocenters. The van der Waals surface area contributed by atoms with Crippen molar-refractivity contribution in [2.75, 3.05) is 7.11 Å². The Morgan fingerprint density at radius 3 is 0.800 bits per heavy atom. The van der Waals surface area contributed by atoms with Gasteiger partial charge in [-0.05, 0) is 27.7 Å². The van der Waals surface area contributed by atoms with Crippen LogP contribution in [0.3, 0.4) is 0 Å². The van der Waals surface area contributed by atoms with E-state index in [1.165, 1.54) is 11.1 Å². The van der Waals surface area contributed by atoms with Gasteiger partial charge in [-0.3, -0.25) is 0 Å². The van der Waals surface area contributed by atoms with Gasteiger partial charge in [0.25, 0.3) is 0 Å². The first-order valence-electron chi connectivity index (χ1n) is 3.15. The maximum absolute atomic E-state index is 7.00. The fraction of sp³-hybridized carbons (Fsp3) is 0.556. The van der Waals surface area contributed by atoms with Crippen LogP contribution in [0, 0.1) is 0 Å². The summed E-state index contributed by atoms with van der Waals surface area (Å²) in [4.78, 5) is 0. The minimum absolute atomic E-state index is 1.00. The first kappa shape index (κ1) is 16.2. The molecule has 0 aromatic heterocycles. The second-order valence-corrected chi connectivity index (χ2v) is 2.41. The van der Waals surface area contributed by atoms with Gasteiger partial charge in [0.1, 0.15) is 0 Å². The molecule has 1 heteroatoms. The molecule has 0 unspecified atom stereocenters. The molecule has 10 heavy (non-hydrogen) atoms. The zero-order valence-corrected chi connectivity index (χ0v) is 7.86. The van der Waals surface area contributed by atoms with E-state index in [4.69, 9.17) is 5.11 Å². The van der Waals surface area contributed by atoms with Gasteiger partial charge in [0.05, 0.1) is 0 Å². The van der Waals surface area contributed by atoms with Gasteiger partial charge >= 0.3 is 0 Å². The topological polar surface area (TPSA) is 20.2 Å². The van der Waals surface area contributed by atoms with Crippen LogP contribution in [0.1, 0.15) is 27.7 Å². The van der Waals surface area contributed by atoms with Crippen LogP contribution in [0.4, 0.5) is 0 Å². The van der Waals surface area contributed by atoms with Crippen LogP contribution in [-0.2, 0) is 0 Å². The fourth-order valence-electron chi connectivity index (χ4n) is 0. The number of aliphatic hydroxyl groups is 1. The zero-order valence-electron chi connectivity index (χ0n) is 7.86. The molecule has 0 fully saturated rings. The number of aliphatic hydroxyl groups excluding tert-OH is 1. The van der Waals surface area contributed by atoms with Gasteiger partial charge in [0.15, 0.2) is 0 Å². The van der Waals surface area contributed by atoms with Gasteiger partial charge in [-0.15, -0.1) is 13.2 Å². The zero-order chi connectivity index (χ0) is 9.15. The molecule has 0 saturated carbocycles. The first-order valence-corrected chi connectivity index (χ1v) is 3.15. The molecule has 0 rings (SSSR count). The van der Waals surface area contributed by atoms with Gasteiger partial charge in [-0.2, -0.15) is 0 Å². The van der Waals surface area contributed by atoms with Crippen molar-refractivity contribution in [3.63, 3.8) is 0 Å². The highest BCUT2D eigenvalue weighted by Gasteiger charge is 1.52. The quantitative estimate of drug-likeness (QED) is 0.518. The predicted octanol–water partition coefficient (Wildman–Crippen LogP) is 2.77. The average Bonchev–Trinajstić information content (AvgIpc) is 1.66. The summed E-state index contributed by atoms with van der Waals surface area (Å²) in [5.74, 6) is 0. The Hall–Kier alpha value is -0.560. The molecule has 1 N–H and O–H groups in total. The Bertz CT molecular complexity index is 62.7. The van der Waals surface area contributed by atoms with E-state index in [2.05, 4.69) is 13.2 Å². The van der Waals surface area contributed by atoms with Gasteiger partial charge in [-0.25, -0.2) is 0 Å². The van der Waals surface area contributed by atoms with Crippen molar-refractivity contribution < 1.29 is 5.11 Å². The third-order valence-electron chi connectivity index (χ3n) is 0. The van der Waals surface area contributed by atoms with Crippen LogP contribution in [0.5, 0.6) is 0 Å². The summed E-state index contributed by atoms with van der Waals surface area (Å²) in [7, 11) is 1.00. The molecule has 0 bridgehead atoms. The van der Waals surface area contributed by atoms with Crippen molar-refractivity contribution in [3.8, 4) is 0 Å². The van der Waals surface area contributed by atoms with E-state index in [1.54, 1.807) is 0 Å². The van der Waals surface area contributed by atoms with Crippen LogP contribution in [0.15, 0.2) is 24.3 Å². The normalized spacial score (nSPS) is 5.80. The standard InChI is InChI=1S/2C4H8.CH4O/c2*1-4(2)3;1-2/h2*1H2,2-3H3;2H,1H3. The van der Waals surface area contributed by atoms with E-state index in [0.29, 0.717) is 0 Å². The Balaban J connectivity index is -0.0000000787. The summed E-state index contributed by atoms with van der Waals surface area (Å²) < 4.78 is 0. The number of rotatable bonds is 0. The maximum Gasteiger partial charge on any atom is 0.0319 e. The lowest BCUT2D eigenvalue weighted by molar-refractivity contribution is 0.399. The highest BCUT2D eigenvalue weighted by atomic mass is 16.2. The lowest BCUT2D eigenvalue weighted by Gasteiger charge is -1.65. The molecule has 0 amide bonds. The van der Waals surface area contributed by atoms with Crippen LogP contribution < -0.4 is 0 Å². The van der Waals surface area contributed by atoms with Crippen LogP contribution in [0.2, 0.25) is 0 Å². The lowest BCUT2D eigenvalue weighted by atomic mass is 10.4. The summed E-state index contributed by atoms with van der Waals surface area (Å²) in [6.45, 7) is 15.0. The Labute approximate surface area is 65.1 Å². The molecular weight excluding hydrogens is 124 g/mol. The summed E-state index contributed by atoms with van der Waals surface area (Å²) in [5.41, 5.74) is 2.33. The van der Waals surface area contributed by atoms with E-state index in [1.807, 2.05) is 27.7 Å². The Morgan fingerprint density at radius 2 is 0.800 bits per heavy atom. The molecule has 0 aliphatic carbocycles. The summed E-state index contributed by atoms with van der Waals surface area (Å²) in [6.07, 6.45) is 0. The van der Waals surface area contributed by atoms with Crippen molar-refractivity contribution in [1.29, 1.82) is 0 Å². The molecule has 0 aliphatic heterocycles. The predicted molar refractivity (Wildman–Crippen MR) is 49.1 cm³/mol. The second-order valence-electron chi connectivity index (χ2n) is 2.41. The van der Waals surface area contributed by atoms with E-state index < -0.39 is 0 Å². The third kappa shape index (κ3) is 984. The molecule has 0 aliphatic rings. The molecule has 0 aromatic rings. The molecule has 0 heterocycles. The van der Waals surface area contributed by atoms with Crippen molar-refractivity contribution in [2.45, 2.75) is 27.7 Å². The monoisotopic (exact) mass is 144 g/mol. The van der Waals surface area contributed by atoms with Gasteiger partial charge in [0.2, 0.25) is 0 Å². The van der Waals surface area contributed by atoms with Crippen LogP contribution in [0.25, 0.3) is 0 Å². The largest absolute Gasteiger partial charge is 0.400 e. The summed E-state index contributed by atoms with van der Waals surface area (Å²) in [5, 5.41) is 7.00. The first-order chi connectivity index (χ1) is 4.46. The number of hydrogen-bond acceptors (Lipinski definition) is 1. The molecular formula is C9H20O. The van der Waals surface area contributed by atoms with Crippen molar-refractivity contribution in [3.05, 3.63) is 24.3 Å². The number of hydrogen-bond donors (Lipinski definition) is 1. The van der Waals surface area contributed by atoms with Gasteiger partial charge < -0.3 is 5.11 Å². The molecule has 0 saturated heterocycles. The SMILES string of the molecule is C=C(C)C.C=C(C)C.CO. The van der Waals surface area contributed by atoms with Crippen LogP contribution in [-0.4, -0.2) is 12.2 Å². The Morgan fingerprint density at radius 1 is 0.800 bits per heavy atom. The highest BCUT2D eigenvalue weighted by molar-refractivity contribution is 4.79. The van der Waals surface area contributed by atoms with Crippen molar-refractivity contribution >= 4 is 0 Å². The van der Waals surface area contributed by atoms with E-state index in [-0.39, 0.29) is 0 Å². The Kier molecular flexibility index (Phi) is 25.6. The van der Waals surface area contributed by atoms with Gasteiger partial charge in [-0.1, -0.05) is 11.1 Å². The average molecular weight is 144 g/mol. The minimum Gasteiger partial charge on any atom is -0.400 e. The lowest BCUT2D eigenvalue weighted by Crippen LogP contribution is -1.43. The molecule has 0 radical (unpaired) electrons. The molecule has 1 nitrogen and oxygen atoms in total. The molecule has 0 spiro atoms. The third-order valence-corrected chi connectivity index (χ3v) is 0. The smallest absolute Gasteiger partial charge is 0.0319 e.